The van der Waals surface area contributed by atoms with Gasteiger partial charge in [0.25, 0.3) is 0 Å². The first-order valence-electron chi connectivity index (χ1n) is 16.1. The molecule has 1 aliphatic carbocycles. The van der Waals surface area contributed by atoms with Gasteiger partial charge in [-0.3, -0.25) is 0 Å². The highest BCUT2D eigenvalue weighted by molar-refractivity contribution is 6.11. The molecular formula is C45H33N. The van der Waals surface area contributed by atoms with Gasteiger partial charge in [-0.2, -0.15) is 0 Å². The molecule has 0 radical (unpaired) electrons. The minimum Gasteiger partial charge on any atom is -0.309 e. The van der Waals surface area contributed by atoms with Crippen LogP contribution in [0.2, 0.25) is 0 Å². The van der Waals surface area contributed by atoms with Crippen LogP contribution in [0.5, 0.6) is 0 Å². The average Bonchev–Trinajstić information content (AvgIpc) is 3.56. The van der Waals surface area contributed by atoms with Gasteiger partial charge in [-0.1, -0.05) is 141 Å². The van der Waals surface area contributed by atoms with Gasteiger partial charge in [-0.15, -0.1) is 0 Å². The SMILES string of the molecule is CC1(C)c2cc(-n3c4ccc(-c5ccccc5)cc4c4cc(-c5ccccc5)ccc43)ccc2-c2c(-c3ccccc3)cccc21. The molecule has 0 N–H and O–H groups in total. The van der Waals surface area contributed by atoms with Crippen molar-refractivity contribution in [3.8, 4) is 50.2 Å². The van der Waals surface area contributed by atoms with E-state index in [1.54, 1.807) is 0 Å². The van der Waals surface area contributed by atoms with Crippen molar-refractivity contribution in [3.05, 3.63) is 175 Å². The monoisotopic (exact) mass is 587 g/mol. The van der Waals surface area contributed by atoms with Crippen molar-refractivity contribution in [2.75, 3.05) is 0 Å². The minimum atomic E-state index is -0.120. The Bertz CT molecular complexity index is 2320. The zero-order valence-electron chi connectivity index (χ0n) is 26.0. The molecule has 8 aromatic rings. The predicted molar refractivity (Wildman–Crippen MR) is 195 cm³/mol. The van der Waals surface area contributed by atoms with E-state index in [2.05, 4.69) is 182 Å². The highest BCUT2D eigenvalue weighted by atomic mass is 15.0. The van der Waals surface area contributed by atoms with Crippen LogP contribution in [-0.4, -0.2) is 4.57 Å². The number of hydrogen-bond donors (Lipinski definition) is 0. The van der Waals surface area contributed by atoms with Crippen LogP contribution in [0.3, 0.4) is 0 Å². The number of rotatable bonds is 4. The summed E-state index contributed by atoms with van der Waals surface area (Å²) in [4.78, 5) is 0. The van der Waals surface area contributed by atoms with Crippen LogP contribution < -0.4 is 0 Å². The molecule has 0 saturated heterocycles. The summed E-state index contributed by atoms with van der Waals surface area (Å²) >= 11 is 0. The molecule has 46 heavy (non-hydrogen) atoms. The largest absolute Gasteiger partial charge is 0.309 e. The summed E-state index contributed by atoms with van der Waals surface area (Å²) in [7, 11) is 0. The van der Waals surface area contributed by atoms with Gasteiger partial charge in [0, 0.05) is 21.9 Å². The lowest BCUT2D eigenvalue weighted by atomic mass is 9.82. The second-order valence-corrected chi connectivity index (χ2v) is 13.0. The van der Waals surface area contributed by atoms with Crippen molar-refractivity contribution in [2.45, 2.75) is 19.3 Å². The Hall–Kier alpha value is -5.66. The third kappa shape index (κ3) is 4.02. The smallest absolute Gasteiger partial charge is 0.0541 e. The maximum atomic E-state index is 2.46. The third-order valence-electron chi connectivity index (χ3n) is 10.0. The molecule has 1 aliphatic rings. The number of nitrogens with zero attached hydrogens (tertiary/aromatic N) is 1. The van der Waals surface area contributed by atoms with E-state index in [1.807, 2.05) is 0 Å². The van der Waals surface area contributed by atoms with E-state index in [0.717, 1.165) is 0 Å². The van der Waals surface area contributed by atoms with Crippen LogP contribution in [0.1, 0.15) is 25.0 Å². The van der Waals surface area contributed by atoms with Gasteiger partial charge in [0.2, 0.25) is 0 Å². The number of benzene rings is 7. The molecule has 1 heterocycles. The second-order valence-electron chi connectivity index (χ2n) is 13.0. The van der Waals surface area contributed by atoms with Crippen molar-refractivity contribution < 1.29 is 0 Å². The first kappa shape index (κ1) is 26.7. The molecule has 0 unspecified atom stereocenters. The van der Waals surface area contributed by atoms with E-state index in [1.165, 1.54) is 83.1 Å². The number of fused-ring (bicyclic) bond motifs is 6. The topological polar surface area (TPSA) is 4.93 Å². The number of hydrogen-bond acceptors (Lipinski definition) is 0. The molecule has 0 aliphatic heterocycles. The molecule has 1 heteroatoms. The number of aromatic nitrogens is 1. The molecule has 218 valence electrons. The zero-order chi connectivity index (χ0) is 30.8. The summed E-state index contributed by atoms with van der Waals surface area (Å²) in [6.45, 7) is 4.75. The van der Waals surface area contributed by atoms with Gasteiger partial charge in [-0.05, 0) is 92.0 Å². The van der Waals surface area contributed by atoms with E-state index < -0.39 is 0 Å². The first-order chi connectivity index (χ1) is 22.6. The predicted octanol–water partition coefficient (Wildman–Crippen LogP) is 12.1. The van der Waals surface area contributed by atoms with Gasteiger partial charge in [0.15, 0.2) is 0 Å². The van der Waals surface area contributed by atoms with E-state index >= 15 is 0 Å². The second kappa shape index (κ2) is 10.2. The van der Waals surface area contributed by atoms with E-state index in [9.17, 15) is 0 Å². The van der Waals surface area contributed by atoms with Gasteiger partial charge in [0.1, 0.15) is 0 Å². The van der Waals surface area contributed by atoms with Crippen molar-refractivity contribution >= 4 is 21.8 Å². The van der Waals surface area contributed by atoms with Crippen molar-refractivity contribution in [1.29, 1.82) is 0 Å². The summed E-state index contributed by atoms with van der Waals surface area (Å²) in [5, 5.41) is 2.53. The normalized spacial score (nSPS) is 13.2. The first-order valence-corrected chi connectivity index (χ1v) is 16.1. The van der Waals surface area contributed by atoms with Crippen molar-refractivity contribution in [1.82, 2.24) is 4.57 Å². The fourth-order valence-electron chi connectivity index (χ4n) is 7.69. The van der Waals surface area contributed by atoms with Gasteiger partial charge in [-0.25, -0.2) is 0 Å². The highest BCUT2D eigenvalue weighted by Crippen LogP contribution is 2.53. The molecule has 0 spiro atoms. The molecule has 0 fully saturated rings. The summed E-state index contributed by atoms with van der Waals surface area (Å²) in [5.41, 5.74) is 16.5. The fourth-order valence-corrected chi connectivity index (χ4v) is 7.69. The summed E-state index contributed by atoms with van der Waals surface area (Å²) in [5.74, 6) is 0. The van der Waals surface area contributed by atoms with Crippen molar-refractivity contribution in [3.63, 3.8) is 0 Å². The Morgan fingerprint density at radius 3 is 1.50 bits per heavy atom. The molecule has 9 rings (SSSR count). The van der Waals surface area contributed by atoms with Crippen LogP contribution in [0.15, 0.2) is 164 Å². The van der Waals surface area contributed by atoms with Gasteiger partial charge in [0.05, 0.1) is 11.0 Å². The Labute approximate surface area is 270 Å². The highest BCUT2D eigenvalue weighted by Gasteiger charge is 2.37. The molecule has 0 saturated carbocycles. The summed E-state index contributed by atoms with van der Waals surface area (Å²) < 4.78 is 2.46. The van der Waals surface area contributed by atoms with Gasteiger partial charge >= 0.3 is 0 Å². The molecule has 0 atom stereocenters. The Morgan fingerprint density at radius 1 is 0.391 bits per heavy atom. The lowest BCUT2D eigenvalue weighted by molar-refractivity contribution is 0.660. The van der Waals surface area contributed by atoms with Gasteiger partial charge < -0.3 is 4.57 Å². The van der Waals surface area contributed by atoms with E-state index in [0.29, 0.717) is 0 Å². The standard InChI is InChI=1S/C45H33N/c1-45(2)40-20-12-19-36(32-17-10-5-11-18-32)44(40)37-24-23-35(29-41(37)45)46-42-25-21-33(30-13-6-3-7-14-30)27-38(42)39-28-34(22-26-43(39)46)31-15-8-4-9-16-31/h3-29H,1-2H3. The Balaban J connectivity index is 1.28. The fraction of sp³-hybridized carbons (Fsp3) is 0.0667. The van der Waals surface area contributed by atoms with Crippen LogP contribution in [-0.2, 0) is 5.41 Å². The molecule has 1 nitrogen and oxygen atoms in total. The van der Waals surface area contributed by atoms with Crippen LogP contribution >= 0.6 is 0 Å². The Morgan fingerprint density at radius 2 is 0.935 bits per heavy atom. The third-order valence-corrected chi connectivity index (χ3v) is 10.0. The summed E-state index contributed by atoms with van der Waals surface area (Å²) in [6, 6.07) is 60.0. The quantitative estimate of drug-likeness (QED) is 0.193. The van der Waals surface area contributed by atoms with Crippen LogP contribution in [0.4, 0.5) is 0 Å². The summed E-state index contributed by atoms with van der Waals surface area (Å²) in [6.07, 6.45) is 0. The molecular weight excluding hydrogens is 555 g/mol. The molecule has 0 bridgehead atoms. The van der Waals surface area contributed by atoms with Crippen LogP contribution in [0.25, 0.3) is 72.0 Å². The van der Waals surface area contributed by atoms with Crippen LogP contribution in [0, 0.1) is 0 Å². The Kier molecular flexibility index (Phi) is 5.92. The minimum absolute atomic E-state index is 0.120. The maximum absolute atomic E-state index is 2.46. The lowest BCUT2D eigenvalue weighted by Gasteiger charge is -2.22. The molecule has 7 aromatic carbocycles. The molecule has 1 aromatic heterocycles. The maximum Gasteiger partial charge on any atom is 0.0541 e. The van der Waals surface area contributed by atoms with E-state index in [4.69, 9.17) is 0 Å². The average molecular weight is 588 g/mol. The zero-order valence-corrected chi connectivity index (χ0v) is 26.0. The van der Waals surface area contributed by atoms with E-state index in [-0.39, 0.29) is 5.41 Å². The lowest BCUT2D eigenvalue weighted by Crippen LogP contribution is -2.15. The molecule has 0 amide bonds. The van der Waals surface area contributed by atoms with Crippen molar-refractivity contribution in [2.24, 2.45) is 0 Å².